The lowest BCUT2D eigenvalue weighted by molar-refractivity contribution is -0.127. The van der Waals surface area contributed by atoms with E-state index in [1.54, 1.807) is 26.2 Å². The smallest absolute Gasteiger partial charge is 0.274 e. The van der Waals surface area contributed by atoms with Gasteiger partial charge in [-0.15, -0.1) is 0 Å². The molecule has 5 nitrogen and oxygen atoms in total. The summed E-state index contributed by atoms with van der Waals surface area (Å²) in [5.74, 6) is 6.15. The van der Waals surface area contributed by atoms with E-state index in [1.807, 2.05) is 6.07 Å². The molecule has 0 heterocycles. The Morgan fingerprint density at radius 3 is 2.47 bits per heavy atom. The number of nitrogens with one attached hydrogen (secondary N) is 1. The van der Waals surface area contributed by atoms with Crippen LogP contribution in [0.1, 0.15) is 33.3 Å². The van der Waals surface area contributed by atoms with Crippen molar-refractivity contribution in [2.24, 2.45) is 5.84 Å². The van der Waals surface area contributed by atoms with Crippen molar-refractivity contribution in [3.05, 3.63) is 23.8 Å². The molecular weight excluding hydrogens is 244 g/mol. The van der Waals surface area contributed by atoms with Crippen molar-refractivity contribution in [3.8, 4) is 11.5 Å². The Hall–Kier alpha value is -1.75. The molecule has 1 unspecified atom stereocenters. The Balaban J connectivity index is 3.10. The van der Waals surface area contributed by atoms with Gasteiger partial charge < -0.3 is 9.47 Å². The predicted molar refractivity (Wildman–Crippen MR) is 74.1 cm³/mol. The second kappa shape index (κ2) is 5.93. The SMILES string of the molecule is COc1ccc(OC(C)C(=O)NN)c(C(C)(C)C)c1. The average Bonchev–Trinajstić information content (AvgIpc) is 2.36. The summed E-state index contributed by atoms with van der Waals surface area (Å²) >= 11 is 0. The van der Waals surface area contributed by atoms with E-state index in [1.165, 1.54) is 0 Å². The first-order chi connectivity index (χ1) is 8.79. The third-order valence-electron chi connectivity index (χ3n) is 2.81. The molecule has 0 fully saturated rings. The molecule has 0 radical (unpaired) electrons. The van der Waals surface area contributed by atoms with E-state index in [4.69, 9.17) is 15.3 Å². The first-order valence-electron chi connectivity index (χ1n) is 6.15. The molecule has 0 aromatic heterocycles. The molecule has 0 bridgehead atoms. The normalized spacial score (nSPS) is 12.7. The molecular formula is C14H22N2O3. The zero-order chi connectivity index (χ0) is 14.6. The third kappa shape index (κ3) is 3.86. The van der Waals surface area contributed by atoms with E-state index >= 15 is 0 Å². The Labute approximate surface area is 114 Å². The largest absolute Gasteiger partial charge is 0.497 e. The number of rotatable bonds is 4. The summed E-state index contributed by atoms with van der Waals surface area (Å²) < 4.78 is 10.9. The fourth-order valence-corrected chi connectivity index (χ4v) is 1.69. The van der Waals surface area contributed by atoms with Crippen molar-refractivity contribution in [1.82, 2.24) is 5.43 Å². The number of ether oxygens (including phenoxy) is 2. The highest BCUT2D eigenvalue weighted by Gasteiger charge is 2.22. The van der Waals surface area contributed by atoms with Gasteiger partial charge in [-0.3, -0.25) is 10.2 Å². The fourth-order valence-electron chi connectivity index (χ4n) is 1.69. The molecule has 0 aliphatic carbocycles. The average molecular weight is 266 g/mol. The number of hydrogen-bond acceptors (Lipinski definition) is 4. The molecule has 0 aliphatic heterocycles. The fraction of sp³-hybridized carbons (Fsp3) is 0.500. The van der Waals surface area contributed by atoms with Gasteiger partial charge in [0.2, 0.25) is 0 Å². The van der Waals surface area contributed by atoms with Crippen LogP contribution in [0.5, 0.6) is 11.5 Å². The van der Waals surface area contributed by atoms with Crippen LogP contribution in [0.3, 0.4) is 0 Å². The van der Waals surface area contributed by atoms with E-state index in [9.17, 15) is 4.79 Å². The van der Waals surface area contributed by atoms with Crippen molar-refractivity contribution in [3.63, 3.8) is 0 Å². The highest BCUT2D eigenvalue weighted by Crippen LogP contribution is 2.34. The third-order valence-corrected chi connectivity index (χ3v) is 2.81. The molecule has 0 saturated carbocycles. The summed E-state index contributed by atoms with van der Waals surface area (Å²) in [5.41, 5.74) is 2.93. The molecule has 0 aliphatic rings. The maximum absolute atomic E-state index is 11.4. The molecule has 1 amide bonds. The molecule has 106 valence electrons. The topological polar surface area (TPSA) is 73.6 Å². The van der Waals surface area contributed by atoms with Crippen LogP contribution in [-0.2, 0) is 10.2 Å². The summed E-state index contributed by atoms with van der Waals surface area (Å²) in [6, 6.07) is 5.53. The van der Waals surface area contributed by atoms with Gasteiger partial charge in [-0.25, -0.2) is 5.84 Å². The number of carbonyl (C=O) groups is 1. The molecule has 19 heavy (non-hydrogen) atoms. The van der Waals surface area contributed by atoms with Crippen LogP contribution < -0.4 is 20.7 Å². The van der Waals surface area contributed by atoms with E-state index in [0.29, 0.717) is 5.75 Å². The van der Waals surface area contributed by atoms with Crippen LogP contribution in [0.2, 0.25) is 0 Å². The van der Waals surface area contributed by atoms with Gasteiger partial charge in [-0.05, 0) is 30.5 Å². The quantitative estimate of drug-likeness (QED) is 0.494. The molecule has 1 aromatic rings. The molecule has 1 aromatic carbocycles. The first-order valence-corrected chi connectivity index (χ1v) is 6.15. The lowest BCUT2D eigenvalue weighted by Gasteiger charge is -2.25. The summed E-state index contributed by atoms with van der Waals surface area (Å²) in [6.45, 7) is 7.87. The van der Waals surface area contributed by atoms with E-state index in [2.05, 4.69) is 26.2 Å². The Morgan fingerprint density at radius 2 is 2.00 bits per heavy atom. The highest BCUT2D eigenvalue weighted by atomic mass is 16.5. The summed E-state index contributed by atoms with van der Waals surface area (Å²) in [4.78, 5) is 11.4. The van der Waals surface area contributed by atoms with E-state index in [0.717, 1.165) is 11.3 Å². The van der Waals surface area contributed by atoms with Gasteiger partial charge >= 0.3 is 0 Å². The van der Waals surface area contributed by atoms with Gasteiger partial charge in [0.1, 0.15) is 11.5 Å². The Morgan fingerprint density at radius 1 is 1.37 bits per heavy atom. The van der Waals surface area contributed by atoms with Crippen molar-refractivity contribution < 1.29 is 14.3 Å². The number of amides is 1. The summed E-state index contributed by atoms with van der Waals surface area (Å²) in [5, 5.41) is 0. The zero-order valence-electron chi connectivity index (χ0n) is 12.1. The number of hydrazine groups is 1. The first kappa shape index (κ1) is 15.3. The van der Waals surface area contributed by atoms with Gasteiger partial charge in [0, 0.05) is 5.56 Å². The van der Waals surface area contributed by atoms with Crippen molar-refractivity contribution in [1.29, 1.82) is 0 Å². The number of benzene rings is 1. The number of nitrogens with two attached hydrogens (primary N) is 1. The molecule has 0 spiro atoms. The van der Waals surface area contributed by atoms with Crippen LogP contribution in [0.4, 0.5) is 0 Å². The standard InChI is InChI=1S/C14H22N2O3/c1-9(13(17)16-15)19-12-7-6-10(18-5)8-11(12)14(2,3)4/h6-9H,15H2,1-5H3,(H,16,17). The van der Waals surface area contributed by atoms with Gasteiger partial charge in [0.15, 0.2) is 6.10 Å². The van der Waals surface area contributed by atoms with Crippen LogP contribution in [0, 0.1) is 0 Å². The van der Waals surface area contributed by atoms with Crippen LogP contribution in [0.25, 0.3) is 0 Å². The minimum Gasteiger partial charge on any atom is -0.497 e. The van der Waals surface area contributed by atoms with Crippen LogP contribution >= 0.6 is 0 Å². The number of hydrogen-bond donors (Lipinski definition) is 2. The molecule has 3 N–H and O–H groups in total. The maximum Gasteiger partial charge on any atom is 0.274 e. The Kier molecular flexibility index (Phi) is 4.78. The predicted octanol–water partition coefficient (Wildman–Crippen LogP) is 1.75. The lowest BCUT2D eigenvalue weighted by Crippen LogP contribution is -2.40. The molecule has 0 saturated heterocycles. The van der Waals surface area contributed by atoms with Crippen LogP contribution in [0.15, 0.2) is 18.2 Å². The van der Waals surface area contributed by atoms with Crippen molar-refractivity contribution in [2.75, 3.05) is 7.11 Å². The lowest BCUT2D eigenvalue weighted by atomic mass is 9.86. The van der Waals surface area contributed by atoms with E-state index in [-0.39, 0.29) is 11.3 Å². The summed E-state index contributed by atoms with van der Waals surface area (Å²) in [6.07, 6.45) is -0.653. The minimum absolute atomic E-state index is 0.122. The Bertz CT molecular complexity index is 452. The van der Waals surface area contributed by atoms with Gasteiger partial charge in [-0.1, -0.05) is 20.8 Å². The number of methoxy groups -OCH3 is 1. The summed E-state index contributed by atoms with van der Waals surface area (Å²) in [7, 11) is 1.62. The van der Waals surface area contributed by atoms with Gasteiger partial charge in [0.25, 0.3) is 5.91 Å². The maximum atomic E-state index is 11.4. The van der Waals surface area contributed by atoms with Gasteiger partial charge in [-0.2, -0.15) is 0 Å². The van der Waals surface area contributed by atoms with Crippen LogP contribution in [-0.4, -0.2) is 19.1 Å². The molecule has 1 atom stereocenters. The highest BCUT2D eigenvalue weighted by molar-refractivity contribution is 5.80. The number of carbonyl (C=O) groups excluding carboxylic acids is 1. The second-order valence-electron chi connectivity index (χ2n) is 5.38. The second-order valence-corrected chi connectivity index (χ2v) is 5.38. The molecule has 5 heteroatoms. The monoisotopic (exact) mass is 266 g/mol. The zero-order valence-corrected chi connectivity index (χ0v) is 12.1. The van der Waals surface area contributed by atoms with E-state index < -0.39 is 6.10 Å². The van der Waals surface area contributed by atoms with Crippen molar-refractivity contribution >= 4 is 5.91 Å². The minimum atomic E-state index is -0.653. The van der Waals surface area contributed by atoms with Crippen molar-refractivity contribution in [2.45, 2.75) is 39.2 Å². The molecule has 1 rings (SSSR count). The van der Waals surface area contributed by atoms with Gasteiger partial charge in [0.05, 0.1) is 7.11 Å².